The van der Waals surface area contributed by atoms with Crippen molar-refractivity contribution in [2.45, 2.75) is 6.54 Å². The average Bonchev–Trinajstić information content (AvgIpc) is 2.42. The van der Waals surface area contributed by atoms with Gasteiger partial charge in [-0.15, -0.1) is 0 Å². The average molecular weight is 326 g/mol. The molecule has 1 heterocycles. The third kappa shape index (κ3) is 4.35. The van der Waals surface area contributed by atoms with Crippen molar-refractivity contribution >= 4 is 16.0 Å². The van der Waals surface area contributed by atoms with Crippen molar-refractivity contribution in [1.29, 1.82) is 0 Å². The number of nitrogens with two attached hydrogens (primary N) is 1. The van der Waals surface area contributed by atoms with E-state index in [0.29, 0.717) is 32.1 Å². The molecule has 0 aromatic heterocycles. The van der Waals surface area contributed by atoms with E-state index in [0.717, 1.165) is 11.3 Å². The quantitative estimate of drug-likeness (QED) is 0.566. The summed E-state index contributed by atoms with van der Waals surface area (Å²) in [5, 5.41) is 3.03. The van der Waals surface area contributed by atoms with E-state index >= 15 is 0 Å². The zero-order valence-electron chi connectivity index (χ0n) is 12.8. The summed E-state index contributed by atoms with van der Waals surface area (Å²) < 4.78 is 29.2. The first-order valence-corrected chi connectivity index (χ1v) is 8.86. The molecule has 122 valence electrons. The number of hydrogen-bond acceptors (Lipinski definition) is 4. The predicted molar refractivity (Wildman–Crippen MR) is 86.2 cm³/mol. The summed E-state index contributed by atoms with van der Waals surface area (Å²) in [5.74, 6) is 1.40. The second-order valence-electron chi connectivity index (χ2n) is 5.34. The summed E-state index contributed by atoms with van der Waals surface area (Å²) in [5.41, 5.74) is 6.79. The Morgan fingerprint density at radius 2 is 2.14 bits per heavy atom. The van der Waals surface area contributed by atoms with Gasteiger partial charge in [-0.1, -0.05) is 18.2 Å². The molecule has 2 rings (SSSR count). The molecule has 0 aliphatic carbocycles. The number of methoxy groups -OCH3 is 1. The van der Waals surface area contributed by atoms with Gasteiger partial charge in [0.1, 0.15) is 5.75 Å². The van der Waals surface area contributed by atoms with Crippen LogP contribution >= 0.6 is 0 Å². The van der Waals surface area contributed by atoms with E-state index in [1.54, 1.807) is 7.11 Å². The Bertz CT molecular complexity index is 639. The molecule has 0 unspecified atom stereocenters. The Labute approximate surface area is 131 Å². The Hall–Kier alpha value is -1.80. The van der Waals surface area contributed by atoms with Crippen molar-refractivity contribution in [3.05, 3.63) is 29.8 Å². The predicted octanol–water partition coefficient (Wildman–Crippen LogP) is -0.00910. The zero-order valence-corrected chi connectivity index (χ0v) is 13.6. The van der Waals surface area contributed by atoms with E-state index in [2.05, 4.69) is 10.3 Å². The largest absolute Gasteiger partial charge is 0.496 e. The minimum atomic E-state index is -3.06. The number of aliphatic imine (C=N–C) groups is 1. The van der Waals surface area contributed by atoms with Crippen LogP contribution in [0.3, 0.4) is 0 Å². The Balaban J connectivity index is 1.77. The molecular formula is C14H22N4O3S. The summed E-state index contributed by atoms with van der Waals surface area (Å²) >= 11 is 0. The molecule has 3 N–H and O–H groups in total. The smallest absolute Gasteiger partial charge is 0.211 e. The Kier molecular flexibility index (Phi) is 5.25. The Morgan fingerprint density at radius 1 is 1.45 bits per heavy atom. The van der Waals surface area contributed by atoms with E-state index in [1.807, 2.05) is 24.3 Å². The molecule has 7 nitrogen and oxygen atoms in total. The molecule has 0 spiro atoms. The van der Waals surface area contributed by atoms with Crippen molar-refractivity contribution in [3.63, 3.8) is 0 Å². The summed E-state index contributed by atoms with van der Waals surface area (Å²) in [6.07, 6.45) is 1.22. The fourth-order valence-corrected chi connectivity index (χ4v) is 3.19. The second kappa shape index (κ2) is 6.97. The van der Waals surface area contributed by atoms with Crippen molar-refractivity contribution in [3.8, 4) is 5.75 Å². The van der Waals surface area contributed by atoms with E-state index in [9.17, 15) is 8.42 Å². The van der Waals surface area contributed by atoms with E-state index in [4.69, 9.17) is 10.5 Å². The van der Waals surface area contributed by atoms with Crippen LogP contribution < -0.4 is 15.8 Å². The molecule has 0 amide bonds. The number of ether oxygens (including phenoxy) is 1. The Morgan fingerprint density at radius 3 is 2.77 bits per heavy atom. The molecule has 8 heteroatoms. The van der Waals surface area contributed by atoms with Crippen LogP contribution in [0.2, 0.25) is 0 Å². The SMILES string of the molecule is COc1ccccc1CN=C(N)NCC1CN(S(C)(=O)=O)C1. The number of sulfonamides is 1. The molecule has 0 radical (unpaired) electrons. The fraction of sp³-hybridized carbons (Fsp3) is 0.500. The highest BCUT2D eigenvalue weighted by Gasteiger charge is 2.32. The first-order valence-electron chi connectivity index (χ1n) is 7.01. The molecule has 1 aliphatic heterocycles. The zero-order chi connectivity index (χ0) is 16.2. The highest BCUT2D eigenvalue weighted by molar-refractivity contribution is 7.88. The van der Waals surface area contributed by atoms with Crippen LogP contribution in [-0.4, -0.2) is 51.7 Å². The van der Waals surface area contributed by atoms with Gasteiger partial charge in [0.25, 0.3) is 0 Å². The normalized spacial score (nSPS) is 17.1. The van der Waals surface area contributed by atoms with E-state index in [-0.39, 0.29) is 5.92 Å². The molecule has 1 aliphatic rings. The van der Waals surface area contributed by atoms with Crippen LogP contribution in [0.25, 0.3) is 0 Å². The maximum atomic E-state index is 11.3. The van der Waals surface area contributed by atoms with E-state index in [1.165, 1.54) is 10.6 Å². The molecule has 0 bridgehead atoms. The lowest BCUT2D eigenvalue weighted by Crippen LogP contribution is -2.53. The van der Waals surface area contributed by atoms with Gasteiger partial charge in [-0.25, -0.2) is 17.7 Å². The summed E-state index contributed by atoms with van der Waals surface area (Å²) in [6, 6.07) is 7.64. The van der Waals surface area contributed by atoms with Crippen LogP contribution in [0.5, 0.6) is 5.75 Å². The first-order chi connectivity index (χ1) is 10.4. The number of rotatable bonds is 6. The highest BCUT2D eigenvalue weighted by atomic mass is 32.2. The topological polar surface area (TPSA) is 97.0 Å². The van der Waals surface area contributed by atoms with Crippen molar-refractivity contribution in [2.24, 2.45) is 16.6 Å². The number of hydrogen-bond donors (Lipinski definition) is 2. The number of guanidine groups is 1. The number of para-hydroxylation sites is 1. The van der Waals surface area contributed by atoms with Gasteiger partial charge in [0, 0.05) is 31.1 Å². The lowest BCUT2D eigenvalue weighted by Gasteiger charge is -2.37. The van der Waals surface area contributed by atoms with Crippen molar-refractivity contribution in [1.82, 2.24) is 9.62 Å². The van der Waals surface area contributed by atoms with Gasteiger partial charge in [-0.3, -0.25) is 0 Å². The third-order valence-electron chi connectivity index (χ3n) is 3.58. The molecule has 0 atom stereocenters. The van der Waals surface area contributed by atoms with Gasteiger partial charge in [0.15, 0.2) is 5.96 Å². The lowest BCUT2D eigenvalue weighted by atomic mass is 10.0. The third-order valence-corrected chi connectivity index (χ3v) is 4.81. The second-order valence-corrected chi connectivity index (χ2v) is 7.32. The number of nitrogens with one attached hydrogen (secondary N) is 1. The van der Waals surface area contributed by atoms with Gasteiger partial charge in [-0.2, -0.15) is 0 Å². The van der Waals surface area contributed by atoms with Gasteiger partial charge in [-0.05, 0) is 6.07 Å². The standard InChI is InChI=1S/C14H22N4O3S/c1-21-13-6-4-3-5-12(13)8-17-14(15)16-7-11-9-18(10-11)22(2,19)20/h3-6,11H,7-10H2,1-2H3,(H3,15,16,17). The molecule has 1 fully saturated rings. The van der Waals surface area contributed by atoms with Crippen LogP contribution in [0.15, 0.2) is 29.3 Å². The maximum Gasteiger partial charge on any atom is 0.211 e. The van der Waals surface area contributed by atoms with Crippen LogP contribution in [0, 0.1) is 5.92 Å². The van der Waals surface area contributed by atoms with Gasteiger partial charge >= 0.3 is 0 Å². The minimum Gasteiger partial charge on any atom is -0.496 e. The number of benzene rings is 1. The molecular weight excluding hydrogens is 304 g/mol. The first kappa shape index (κ1) is 16.6. The van der Waals surface area contributed by atoms with E-state index < -0.39 is 10.0 Å². The summed E-state index contributed by atoms with van der Waals surface area (Å²) in [4.78, 5) is 4.27. The molecule has 1 aromatic carbocycles. The number of nitrogens with zero attached hydrogens (tertiary/aromatic N) is 2. The van der Waals surface area contributed by atoms with Crippen molar-refractivity contribution in [2.75, 3.05) is 33.0 Å². The lowest BCUT2D eigenvalue weighted by molar-refractivity contribution is 0.203. The van der Waals surface area contributed by atoms with Crippen LogP contribution in [-0.2, 0) is 16.6 Å². The highest BCUT2D eigenvalue weighted by Crippen LogP contribution is 2.18. The van der Waals surface area contributed by atoms with Crippen LogP contribution in [0.1, 0.15) is 5.56 Å². The molecule has 22 heavy (non-hydrogen) atoms. The fourth-order valence-electron chi connectivity index (χ4n) is 2.23. The van der Waals surface area contributed by atoms with Gasteiger partial charge in [0.05, 0.1) is 19.9 Å². The molecule has 1 saturated heterocycles. The monoisotopic (exact) mass is 326 g/mol. The molecule has 0 saturated carbocycles. The van der Waals surface area contributed by atoms with Crippen LogP contribution in [0.4, 0.5) is 0 Å². The maximum absolute atomic E-state index is 11.3. The van der Waals surface area contributed by atoms with Gasteiger partial charge < -0.3 is 15.8 Å². The summed E-state index contributed by atoms with van der Waals surface area (Å²) in [6.45, 7) is 2.12. The summed E-state index contributed by atoms with van der Waals surface area (Å²) in [7, 11) is -1.44. The molecule has 1 aromatic rings. The van der Waals surface area contributed by atoms with Gasteiger partial charge in [0.2, 0.25) is 10.0 Å². The van der Waals surface area contributed by atoms with Crippen molar-refractivity contribution < 1.29 is 13.2 Å². The minimum absolute atomic E-state index is 0.273.